The number of hydrogen-bond donors (Lipinski definition) is 2. The summed E-state index contributed by atoms with van der Waals surface area (Å²) in [4.78, 5) is 13.9. The van der Waals surface area contributed by atoms with Crippen molar-refractivity contribution in [1.82, 2.24) is 10.2 Å². The van der Waals surface area contributed by atoms with Gasteiger partial charge in [0.05, 0.1) is 0 Å². The zero-order chi connectivity index (χ0) is 14.2. The van der Waals surface area contributed by atoms with E-state index < -0.39 is 0 Å². The molecule has 2 rings (SSSR count). The van der Waals surface area contributed by atoms with Crippen molar-refractivity contribution in [3.63, 3.8) is 0 Å². The number of rotatable bonds is 6. The molecule has 0 atom stereocenters. The maximum Gasteiger partial charge on any atom is 0.221 e. The van der Waals surface area contributed by atoms with E-state index in [4.69, 9.17) is 5.73 Å². The molecule has 20 heavy (non-hydrogen) atoms. The van der Waals surface area contributed by atoms with Crippen LogP contribution in [0.3, 0.4) is 0 Å². The summed E-state index contributed by atoms with van der Waals surface area (Å²) in [5.74, 6) is 0.697. The fourth-order valence-electron chi connectivity index (χ4n) is 2.67. The Kier molecular flexibility index (Phi) is 6.02. The lowest BCUT2D eigenvalue weighted by atomic mass is 9.96. The minimum Gasteiger partial charge on any atom is -0.356 e. The monoisotopic (exact) mass is 275 g/mol. The van der Waals surface area contributed by atoms with Crippen molar-refractivity contribution in [2.75, 3.05) is 26.2 Å². The summed E-state index contributed by atoms with van der Waals surface area (Å²) in [6.07, 6.45) is 2.76. The van der Waals surface area contributed by atoms with Crippen LogP contribution < -0.4 is 11.1 Å². The number of carbonyl (C=O) groups excluding carboxylic acids is 1. The Labute approximate surface area is 121 Å². The van der Waals surface area contributed by atoms with Crippen LogP contribution in [-0.2, 0) is 11.3 Å². The molecule has 1 aliphatic heterocycles. The van der Waals surface area contributed by atoms with Crippen LogP contribution in [0.5, 0.6) is 0 Å². The fourth-order valence-corrected chi connectivity index (χ4v) is 2.67. The van der Waals surface area contributed by atoms with Gasteiger partial charge < -0.3 is 11.1 Å². The van der Waals surface area contributed by atoms with Crippen molar-refractivity contribution in [2.24, 2.45) is 11.7 Å². The summed E-state index contributed by atoms with van der Waals surface area (Å²) in [7, 11) is 0. The third-order valence-electron chi connectivity index (χ3n) is 3.92. The van der Waals surface area contributed by atoms with Gasteiger partial charge in [0.2, 0.25) is 5.91 Å². The van der Waals surface area contributed by atoms with Crippen molar-refractivity contribution in [2.45, 2.75) is 25.8 Å². The average Bonchev–Trinajstić information content (AvgIpc) is 2.48. The van der Waals surface area contributed by atoms with Crippen LogP contribution in [0.25, 0.3) is 0 Å². The predicted molar refractivity (Wildman–Crippen MR) is 81.1 cm³/mol. The summed E-state index contributed by atoms with van der Waals surface area (Å²) < 4.78 is 0. The topological polar surface area (TPSA) is 58.4 Å². The minimum absolute atomic E-state index is 0.0826. The third-order valence-corrected chi connectivity index (χ3v) is 3.92. The van der Waals surface area contributed by atoms with Gasteiger partial charge in [0.1, 0.15) is 0 Å². The van der Waals surface area contributed by atoms with E-state index in [1.54, 1.807) is 0 Å². The highest BCUT2D eigenvalue weighted by Crippen LogP contribution is 2.18. The summed E-state index contributed by atoms with van der Waals surface area (Å²) in [5.41, 5.74) is 6.74. The largest absolute Gasteiger partial charge is 0.356 e. The molecule has 1 heterocycles. The van der Waals surface area contributed by atoms with Crippen molar-refractivity contribution in [1.29, 1.82) is 0 Å². The number of amides is 1. The molecule has 1 amide bonds. The number of likely N-dealkylation sites (tertiary alicyclic amines) is 1. The number of nitrogens with zero attached hydrogens (tertiary/aromatic N) is 1. The van der Waals surface area contributed by atoms with Crippen LogP contribution in [0.15, 0.2) is 30.3 Å². The van der Waals surface area contributed by atoms with Gasteiger partial charge in [-0.3, -0.25) is 9.69 Å². The number of benzene rings is 1. The van der Waals surface area contributed by atoms with Crippen LogP contribution in [-0.4, -0.2) is 37.0 Å². The Bertz CT molecular complexity index is 399. The van der Waals surface area contributed by atoms with Crippen molar-refractivity contribution < 1.29 is 4.79 Å². The molecule has 0 bridgehead atoms. The van der Waals surface area contributed by atoms with Gasteiger partial charge in [-0.05, 0) is 37.4 Å². The standard InChI is InChI=1S/C16H25N3O/c17-9-6-16(20)18-12-14-7-10-19(11-8-14)13-15-4-2-1-3-5-15/h1-5,14H,6-13,17H2,(H,18,20). The molecule has 4 nitrogen and oxygen atoms in total. The first-order valence-electron chi connectivity index (χ1n) is 7.51. The first kappa shape index (κ1) is 15.0. The molecule has 4 heteroatoms. The average molecular weight is 275 g/mol. The number of nitrogens with two attached hydrogens (primary N) is 1. The molecule has 110 valence electrons. The van der Waals surface area contributed by atoms with Gasteiger partial charge in [0, 0.05) is 26.1 Å². The van der Waals surface area contributed by atoms with Crippen LogP contribution in [0.4, 0.5) is 0 Å². The third kappa shape index (κ3) is 4.94. The number of piperidine rings is 1. The summed E-state index contributed by atoms with van der Waals surface area (Å²) in [6, 6.07) is 10.6. The smallest absolute Gasteiger partial charge is 0.221 e. The van der Waals surface area contributed by atoms with Crippen LogP contribution in [0, 0.1) is 5.92 Å². The molecule has 1 aliphatic rings. The molecule has 1 fully saturated rings. The molecule has 0 saturated carbocycles. The second-order valence-electron chi connectivity index (χ2n) is 5.55. The fraction of sp³-hybridized carbons (Fsp3) is 0.562. The van der Waals surface area contributed by atoms with Gasteiger partial charge in [0.25, 0.3) is 0 Å². The second kappa shape index (κ2) is 8.02. The number of carbonyl (C=O) groups is 1. The Morgan fingerprint density at radius 3 is 2.60 bits per heavy atom. The van der Waals surface area contributed by atoms with Crippen LogP contribution >= 0.6 is 0 Å². The molecular formula is C16H25N3O. The maximum absolute atomic E-state index is 11.4. The van der Waals surface area contributed by atoms with E-state index in [9.17, 15) is 4.79 Å². The molecule has 0 spiro atoms. The first-order valence-corrected chi connectivity index (χ1v) is 7.51. The second-order valence-corrected chi connectivity index (χ2v) is 5.55. The van der Waals surface area contributed by atoms with E-state index in [1.165, 1.54) is 5.56 Å². The summed E-state index contributed by atoms with van der Waals surface area (Å²) in [6.45, 7) is 4.51. The van der Waals surface area contributed by atoms with Gasteiger partial charge in [-0.2, -0.15) is 0 Å². The Morgan fingerprint density at radius 2 is 1.95 bits per heavy atom. The van der Waals surface area contributed by atoms with E-state index >= 15 is 0 Å². The van der Waals surface area contributed by atoms with E-state index in [2.05, 4.69) is 40.5 Å². The SMILES string of the molecule is NCCC(=O)NCC1CCN(Cc2ccccc2)CC1. The highest BCUT2D eigenvalue weighted by Gasteiger charge is 2.19. The van der Waals surface area contributed by atoms with Crippen molar-refractivity contribution in [3.8, 4) is 0 Å². The number of nitrogens with one attached hydrogen (secondary N) is 1. The van der Waals surface area contributed by atoms with E-state index in [-0.39, 0.29) is 5.91 Å². The lowest BCUT2D eigenvalue weighted by molar-refractivity contribution is -0.121. The van der Waals surface area contributed by atoms with Crippen molar-refractivity contribution >= 4 is 5.91 Å². The van der Waals surface area contributed by atoms with Crippen molar-refractivity contribution in [3.05, 3.63) is 35.9 Å². The first-order chi connectivity index (χ1) is 9.78. The van der Waals surface area contributed by atoms with E-state index in [1.807, 2.05) is 0 Å². The van der Waals surface area contributed by atoms with E-state index in [0.29, 0.717) is 18.9 Å². The van der Waals surface area contributed by atoms with E-state index in [0.717, 1.165) is 39.0 Å². The van der Waals surface area contributed by atoms with Gasteiger partial charge in [0.15, 0.2) is 0 Å². The molecule has 0 aliphatic carbocycles. The lowest BCUT2D eigenvalue weighted by Crippen LogP contribution is -2.38. The molecule has 1 aromatic rings. The zero-order valence-electron chi connectivity index (χ0n) is 12.1. The van der Waals surface area contributed by atoms with Gasteiger partial charge in [-0.15, -0.1) is 0 Å². The van der Waals surface area contributed by atoms with Gasteiger partial charge in [-0.1, -0.05) is 30.3 Å². The Balaban J connectivity index is 1.66. The van der Waals surface area contributed by atoms with Crippen LogP contribution in [0.1, 0.15) is 24.8 Å². The summed E-state index contributed by atoms with van der Waals surface area (Å²) >= 11 is 0. The van der Waals surface area contributed by atoms with Gasteiger partial charge >= 0.3 is 0 Å². The van der Waals surface area contributed by atoms with Crippen LogP contribution in [0.2, 0.25) is 0 Å². The maximum atomic E-state index is 11.4. The minimum atomic E-state index is 0.0826. The molecular weight excluding hydrogens is 250 g/mol. The molecule has 1 saturated heterocycles. The lowest BCUT2D eigenvalue weighted by Gasteiger charge is -2.32. The highest BCUT2D eigenvalue weighted by atomic mass is 16.1. The number of hydrogen-bond acceptors (Lipinski definition) is 3. The Hall–Kier alpha value is -1.39. The predicted octanol–water partition coefficient (Wildman–Crippen LogP) is 1.36. The van der Waals surface area contributed by atoms with Gasteiger partial charge in [-0.25, -0.2) is 0 Å². The quantitative estimate of drug-likeness (QED) is 0.824. The zero-order valence-corrected chi connectivity index (χ0v) is 12.1. The molecule has 3 N–H and O–H groups in total. The normalized spacial score (nSPS) is 17.1. The molecule has 0 radical (unpaired) electrons. The molecule has 0 unspecified atom stereocenters. The summed E-state index contributed by atoms with van der Waals surface area (Å²) in [5, 5.41) is 2.98. The molecule has 0 aromatic heterocycles. The Morgan fingerprint density at radius 1 is 1.25 bits per heavy atom. The molecule has 1 aromatic carbocycles. The highest BCUT2D eigenvalue weighted by molar-refractivity contribution is 5.75.